The third kappa shape index (κ3) is 1.50. The number of allylic oxidation sites excluding steroid dienone is 2. The van der Waals surface area contributed by atoms with Gasteiger partial charge in [-0.2, -0.15) is 0 Å². The van der Waals surface area contributed by atoms with Crippen molar-refractivity contribution in [2.45, 2.75) is 37.3 Å². The molecule has 1 amide bonds. The Kier molecular flexibility index (Phi) is 2.36. The third-order valence-electron chi connectivity index (χ3n) is 4.10. The number of nitrogens with one attached hydrogen (secondary N) is 2. The van der Waals surface area contributed by atoms with Gasteiger partial charge in [0.15, 0.2) is 0 Å². The maximum absolute atomic E-state index is 11.8. The van der Waals surface area contributed by atoms with Crippen LogP contribution in [0.2, 0.25) is 0 Å². The van der Waals surface area contributed by atoms with Gasteiger partial charge in [-0.3, -0.25) is 4.79 Å². The van der Waals surface area contributed by atoms with Gasteiger partial charge in [0.2, 0.25) is 5.91 Å². The molecule has 86 valence electrons. The van der Waals surface area contributed by atoms with Crippen LogP contribution in [0.25, 0.3) is 0 Å². The fourth-order valence-corrected chi connectivity index (χ4v) is 3.34. The van der Waals surface area contributed by atoms with Crippen LogP contribution in [0.5, 0.6) is 0 Å². The van der Waals surface area contributed by atoms with E-state index < -0.39 is 0 Å². The number of piperidine rings is 2. The van der Waals surface area contributed by atoms with Gasteiger partial charge in [-0.25, -0.2) is 0 Å². The summed E-state index contributed by atoms with van der Waals surface area (Å²) in [6.45, 7) is 1.05. The first-order valence-electron chi connectivity index (χ1n) is 6.20. The first-order chi connectivity index (χ1) is 7.80. The highest BCUT2D eigenvalue weighted by Crippen LogP contribution is 2.38. The minimum atomic E-state index is 0.0203. The Balaban J connectivity index is 1.92. The van der Waals surface area contributed by atoms with Crippen molar-refractivity contribution in [3.05, 3.63) is 24.3 Å². The number of amides is 1. The Labute approximate surface area is 96.0 Å². The Morgan fingerprint density at radius 2 is 2.12 bits per heavy atom. The lowest BCUT2D eigenvalue weighted by Gasteiger charge is -2.49. The lowest BCUT2D eigenvalue weighted by atomic mass is 9.68. The maximum atomic E-state index is 11.8. The molecule has 3 atom stereocenters. The molecule has 0 bridgehead atoms. The van der Waals surface area contributed by atoms with Crippen LogP contribution in [0.4, 0.5) is 0 Å². The van der Waals surface area contributed by atoms with Gasteiger partial charge >= 0.3 is 0 Å². The predicted octanol–water partition coefficient (Wildman–Crippen LogP) is 1.13. The van der Waals surface area contributed by atoms with E-state index in [0.29, 0.717) is 12.3 Å². The van der Waals surface area contributed by atoms with Crippen LogP contribution in [0, 0.1) is 5.92 Å². The molecule has 0 aromatic heterocycles. The summed E-state index contributed by atoms with van der Waals surface area (Å²) < 4.78 is 0. The van der Waals surface area contributed by atoms with Gasteiger partial charge in [-0.05, 0) is 19.4 Å². The molecular weight excluding hydrogens is 200 g/mol. The molecule has 0 saturated carbocycles. The molecule has 1 spiro atoms. The maximum Gasteiger partial charge on any atom is 0.222 e. The minimum absolute atomic E-state index is 0.0203. The number of hydrogen-bond donors (Lipinski definition) is 2. The second-order valence-electron chi connectivity index (χ2n) is 5.11. The van der Waals surface area contributed by atoms with E-state index >= 15 is 0 Å². The van der Waals surface area contributed by atoms with E-state index in [4.69, 9.17) is 0 Å². The van der Waals surface area contributed by atoms with Crippen molar-refractivity contribution >= 4 is 5.91 Å². The van der Waals surface area contributed by atoms with E-state index in [1.54, 1.807) is 0 Å². The van der Waals surface area contributed by atoms with Gasteiger partial charge in [0.05, 0.1) is 6.04 Å². The van der Waals surface area contributed by atoms with E-state index in [2.05, 4.69) is 28.9 Å². The van der Waals surface area contributed by atoms with E-state index in [1.807, 2.05) is 6.08 Å². The topological polar surface area (TPSA) is 41.1 Å². The summed E-state index contributed by atoms with van der Waals surface area (Å²) in [6.07, 6.45) is 12.7. The smallest absolute Gasteiger partial charge is 0.222 e. The summed E-state index contributed by atoms with van der Waals surface area (Å²) in [5, 5.41) is 6.69. The number of carbonyl (C=O) groups is 1. The SMILES string of the molecule is O=C1CC2(CCCCN2)C2C=CC=CC2N1. The molecule has 2 fully saturated rings. The number of carbonyl (C=O) groups excluding carboxylic acids is 1. The summed E-state index contributed by atoms with van der Waals surface area (Å²) in [5.41, 5.74) is 0.0203. The number of rotatable bonds is 0. The van der Waals surface area contributed by atoms with Crippen LogP contribution >= 0.6 is 0 Å². The largest absolute Gasteiger partial charge is 0.349 e. The molecule has 2 saturated heterocycles. The lowest BCUT2D eigenvalue weighted by Crippen LogP contribution is -2.65. The summed E-state index contributed by atoms with van der Waals surface area (Å²) in [5.74, 6) is 0.617. The number of fused-ring (bicyclic) bond motifs is 2. The second-order valence-corrected chi connectivity index (χ2v) is 5.11. The van der Waals surface area contributed by atoms with E-state index in [1.165, 1.54) is 12.8 Å². The molecule has 0 aromatic rings. The molecule has 2 N–H and O–H groups in total. The van der Waals surface area contributed by atoms with Crippen LogP contribution in [0.15, 0.2) is 24.3 Å². The third-order valence-corrected chi connectivity index (χ3v) is 4.10. The lowest BCUT2D eigenvalue weighted by molar-refractivity contribution is -0.127. The van der Waals surface area contributed by atoms with Crippen LogP contribution in [-0.4, -0.2) is 24.0 Å². The predicted molar refractivity (Wildman–Crippen MR) is 62.9 cm³/mol. The van der Waals surface area contributed by atoms with Crippen molar-refractivity contribution in [1.82, 2.24) is 10.6 Å². The standard InChI is InChI=1S/C13H18N2O/c16-12-9-13(7-3-4-8-14-13)10-5-1-2-6-11(10)15-12/h1-2,5-6,10-11,14H,3-4,7-9H2,(H,15,16). The zero-order chi connectivity index (χ0) is 11.0. The molecular formula is C13H18N2O. The first-order valence-corrected chi connectivity index (χ1v) is 6.20. The van der Waals surface area contributed by atoms with Crippen molar-refractivity contribution in [1.29, 1.82) is 0 Å². The van der Waals surface area contributed by atoms with Crippen molar-refractivity contribution in [3.63, 3.8) is 0 Å². The molecule has 3 rings (SSSR count). The van der Waals surface area contributed by atoms with E-state index in [0.717, 1.165) is 13.0 Å². The van der Waals surface area contributed by atoms with Gasteiger partial charge < -0.3 is 10.6 Å². The zero-order valence-electron chi connectivity index (χ0n) is 9.41. The molecule has 1 aliphatic carbocycles. The molecule has 3 heteroatoms. The highest BCUT2D eigenvalue weighted by Gasteiger charge is 2.47. The van der Waals surface area contributed by atoms with Crippen molar-refractivity contribution in [2.24, 2.45) is 5.92 Å². The Hall–Kier alpha value is -1.09. The van der Waals surface area contributed by atoms with Gasteiger partial charge in [-0.1, -0.05) is 30.7 Å². The molecule has 2 heterocycles. The van der Waals surface area contributed by atoms with Crippen molar-refractivity contribution in [2.75, 3.05) is 6.54 Å². The zero-order valence-corrected chi connectivity index (χ0v) is 9.41. The summed E-state index contributed by atoms with van der Waals surface area (Å²) >= 11 is 0. The summed E-state index contributed by atoms with van der Waals surface area (Å²) in [7, 11) is 0. The fourth-order valence-electron chi connectivity index (χ4n) is 3.34. The Morgan fingerprint density at radius 3 is 2.94 bits per heavy atom. The molecule has 3 unspecified atom stereocenters. The van der Waals surface area contributed by atoms with Crippen LogP contribution in [-0.2, 0) is 4.79 Å². The monoisotopic (exact) mass is 218 g/mol. The van der Waals surface area contributed by atoms with Crippen molar-refractivity contribution in [3.8, 4) is 0 Å². The average Bonchev–Trinajstić information content (AvgIpc) is 2.30. The van der Waals surface area contributed by atoms with Gasteiger partial charge in [0, 0.05) is 17.9 Å². The molecule has 3 aliphatic rings. The highest BCUT2D eigenvalue weighted by atomic mass is 16.1. The summed E-state index contributed by atoms with van der Waals surface area (Å²) in [6, 6.07) is 0.192. The second kappa shape index (κ2) is 3.74. The molecule has 0 aromatic carbocycles. The normalized spacial score (nSPS) is 41.9. The summed E-state index contributed by atoms with van der Waals surface area (Å²) in [4.78, 5) is 11.8. The molecule has 3 nitrogen and oxygen atoms in total. The molecule has 2 aliphatic heterocycles. The van der Waals surface area contributed by atoms with Gasteiger partial charge in [0.1, 0.15) is 0 Å². The molecule has 16 heavy (non-hydrogen) atoms. The molecule has 0 radical (unpaired) electrons. The van der Waals surface area contributed by atoms with Crippen LogP contribution in [0.1, 0.15) is 25.7 Å². The van der Waals surface area contributed by atoms with Crippen molar-refractivity contribution < 1.29 is 4.79 Å². The van der Waals surface area contributed by atoms with E-state index in [9.17, 15) is 4.79 Å². The Bertz CT molecular complexity index is 353. The van der Waals surface area contributed by atoms with Crippen LogP contribution < -0.4 is 10.6 Å². The minimum Gasteiger partial charge on any atom is -0.349 e. The quantitative estimate of drug-likeness (QED) is 0.640. The Morgan fingerprint density at radius 1 is 1.25 bits per heavy atom. The van der Waals surface area contributed by atoms with Gasteiger partial charge in [-0.15, -0.1) is 0 Å². The van der Waals surface area contributed by atoms with Crippen LogP contribution in [0.3, 0.4) is 0 Å². The fraction of sp³-hybridized carbons (Fsp3) is 0.615. The number of hydrogen-bond acceptors (Lipinski definition) is 2. The highest BCUT2D eigenvalue weighted by molar-refractivity contribution is 5.79. The van der Waals surface area contributed by atoms with Gasteiger partial charge in [0.25, 0.3) is 0 Å². The first kappa shape index (κ1) is 10.1. The van der Waals surface area contributed by atoms with E-state index in [-0.39, 0.29) is 17.5 Å². The average molecular weight is 218 g/mol.